The van der Waals surface area contributed by atoms with E-state index in [0.29, 0.717) is 5.69 Å². The molecule has 0 unspecified atom stereocenters. The molecule has 9 heavy (non-hydrogen) atoms. The highest BCUT2D eigenvalue weighted by Crippen LogP contribution is 2.16. The molecular weight excluding hydrogens is 116 g/mol. The van der Waals surface area contributed by atoms with Crippen LogP contribution in [0, 0.1) is 7.05 Å². The molecule has 1 N–H and O–H groups in total. The fraction of sp³-hybridized carbons (Fsp3) is 0. The zero-order valence-electron chi connectivity index (χ0n) is 4.78. The van der Waals surface area contributed by atoms with Crippen LogP contribution in [0.4, 0.5) is 5.69 Å². The second kappa shape index (κ2) is 2.26. The van der Waals surface area contributed by atoms with Crippen LogP contribution in [0.2, 0.25) is 0 Å². The van der Waals surface area contributed by atoms with Gasteiger partial charge >= 0.3 is 0 Å². The summed E-state index contributed by atoms with van der Waals surface area (Å²) in [5.74, 6) is 0.00222. The van der Waals surface area contributed by atoms with Crippen LogP contribution < -0.4 is 0 Å². The Hall–Kier alpha value is -1.38. The Morgan fingerprint density at radius 3 is 2.78 bits per heavy atom. The summed E-state index contributed by atoms with van der Waals surface area (Å²) in [6.07, 6.45) is 1.45. The standard InChI is InChI=1S/C6H6N2O/c1-7-5-2-3-6(9)8-4-5/h2-4H,1H2,(H,8,9). The van der Waals surface area contributed by atoms with Gasteiger partial charge in [0.25, 0.3) is 0 Å². The van der Waals surface area contributed by atoms with Gasteiger partial charge < -0.3 is 10.4 Å². The van der Waals surface area contributed by atoms with Gasteiger partial charge in [0.2, 0.25) is 5.88 Å². The van der Waals surface area contributed by atoms with Gasteiger partial charge in [0.05, 0.1) is 0 Å². The number of aromatic hydroxyl groups is 1. The van der Waals surface area contributed by atoms with E-state index in [4.69, 9.17) is 5.11 Å². The van der Waals surface area contributed by atoms with Crippen molar-refractivity contribution < 1.29 is 5.11 Å². The van der Waals surface area contributed by atoms with Crippen LogP contribution in [0.1, 0.15) is 0 Å². The second-order valence-electron chi connectivity index (χ2n) is 1.53. The summed E-state index contributed by atoms with van der Waals surface area (Å²) < 4.78 is 0. The first-order valence-corrected chi connectivity index (χ1v) is 2.44. The van der Waals surface area contributed by atoms with Crippen molar-refractivity contribution in [3.63, 3.8) is 0 Å². The number of hydrogen-bond donors (Lipinski definition) is 1. The summed E-state index contributed by atoms with van der Waals surface area (Å²) in [5, 5.41) is 12.3. The fourth-order valence-electron chi connectivity index (χ4n) is 0.472. The average molecular weight is 122 g/mol. The van der Waals surface area contributed by atoms with Crippen molar-refractivity contribution in [1.82, 2.24) is 4.98 Å². The maximum absolute atomic E-state index is 8.68. The topological polar surface area (TPSA) is 47.2 Å². The highest BCUT2D eigenvalue weighted by Gasteiger charge is 1.82. The molecule has 0 aliphatic rings. The normalized spacial score (nSPS) is 8.89. The summed E-state index contributed by atoms with van der Waals surface area (Å²) in [5.41, 5.74) is 0.660. The molecular formula is C6H6N2O. The third-order valence-corrected chi connectivity index (χ3v) is 0.915. The lowest BCUT2D eigenvalue weighted by Gasteiger charge is -2.02. The molecule has 0 fully saturated rings. The molecule has 0 aromatic carbocycles. The first kappa shape index (κ1) is 5.75. The van der Waals surface area contributed by atoms with Crippen molar-refractivity contribution in [2.75, 3.05) is 0 Å². The molecule has 0 amide bonds. The van der Waals surface area contributed by atoms with E-state index in [2.05, 4.69) is 17.3 Å². The van der Waals surface area contributed by atoms with Gasteiger partial charge in [-0.05, 0) is 6.07 Å². The van der Waals surface area contributed by atoms with Crippen LogP contribution in [0.5, 0.6) is 5.88 Å². The number of aromatic nitrogens is 1. The predicted octanol–water partition coefficient (Wildman–Crippen LogP) is 1.58. The Bertz CT molecular complexity index is 183. The van der Waals surface area contributed by atoms with Crippen LogP contribution in [-0.2, 0) is 0 Å². The van der Waals surface area contributed by atoms with Gasteiger partial charge in [0, 0.05) is 13.2 Å². The lowest BCUT2D eigenvalue weighted by molar-refractivity contribution is 0.454. The molecule has 0 aliphatic heterocycles. The van der Waals surface area contributed by atoms with Gasteiger partial charge in [0.15, 0.2) is 0 Å². The molecule has 1 aromatic heterocycles. The van der Waals surface area contributed by atoms with Crippen molar-refractivity contribution in [3.05, 3.63) is 30.7 Å². The highest BCUT2D eigenvalue weighted by molar-refractivity contribution is 5.46. The van der Waals surface area contributed by atoms with E-state index in [1.165, 1.54) is 12.3 Å². The zero-order valence-corrected chi connectivity index (χ0v) is 4.78. The van der Waals surface area contributed by atoms with Gasteiger partial charge in [-0.2, -0.15) is 0 Å². The Balaban J connectivity index is 2.88. The van der Waals surface area contributed by atoms with Gasteiger partial charge in [-0.1, -0.05) is 11.8 Å². The first-order chi connectivity index (χ1) is 4.33. The molecule has 0 saturated heterocycles. The summed E-state index contributed by atoms with van der Waals surface area (Å²) in [7, 11) is 3.29. The van der Waals surface area contributed by atoms with Gasteiger partial charge in [-0.25, -0.2) is 4.98 Å². The van der Waals surface area contributed by atoms with Crippen LogP contribution >= 0.6 is 0 Å². The Labute approximate surface area is 53.4 Å². The van der Waals surface area contributed by atoms with E-state index in [1.54, 1.807) is 6.07 Å². The van der Waals surface area contributed by atoms with Crippen molar-refractivity contribution in [2.24, 2.45) is 0 Å². The molecule has 0 bridgehead atoms. The number of nitrogens with zero attached hydrogens (tertiary/aromatic N) is 2. The predicted molar refractivity (Wildman–Crippen MR) is 34.3 cm³/mol. The molecule has 0 saturated carbocycles. The van der Waals surface area contributed by atoms with E-state index in [-0.39, 0.29) is 5.88 Å². The molecule has 1 heterocycles. The van der Waals surface area contributed by atoms with Gasteiger partial charge in [-0.3, -0.25) is 0 Å². The van der Waals surface area contributed by atoms with E-state index in [0.717, 1.165) is 0 Å². The van der Waals surface area contributed by atoms with Crippen LogP contribution in [-0.4, -0.2) is 10.1 Å². The lowest BCUT2D eigenvalue weighted by Crippen LogP contribution is -1.70. The summed E-state index contributed by atoms with van der Waals surface area (Å²) in [6.45, 7) is 0. The zero-order chi connectivity index (χ0) is 6.69. The van der Waals surface area contributed by atoms with Crippen molar-refractivity contribution in [3.8, 4) is 5.88 Å². The Morgan fingerprint density at radius 1 is 1.56 bits per heavy atom. The smallest absolute Gasteiger partial charge is 0.210 e. The fourth-order valence-corrected chi connectivity index (χ4v) is 0.472. The summed E-state index contributed by atoms with van der Waals surface area (Å²) in [4.78, 5) is 3.57. The van der Waals surface area contributed by atoms with Gasteiger partial charge in [-0.15, -0.1) is 0 Å². The third kappa shape index (κ3) is 1.25. The summed E-state index contributed by atoms with van der Waals surface area (Å²) in [6, 6.07) is 3.10. The van der Waals surface area contributed by atoms with Crippen molar-refractivity contribution >= 4 is 5.69 Å². The second-order valence-corrected chi connectivity index (χ2v) is 1.53. The molecule has 3 nitrogen and oxygen atoms in total. The third-order valence-electron chi connectivity index (χ3n) is 0.915. The maximum atomic E-state index is 8.68. The molecule has 46 valence electrons. The van der Waals surface area contributed by atoms with Crippen LogP contribution in [0.3, 0.4) is 0 Å². The number of pyridine rings is 1. The first-order valence-electron chi connectivity index (χ1n) is 2.44. The van der Waals surface area contributed by atoms with Crippen molar-refractivity contribution in [2.45, 2.75) is 0 Å². The lowest BCUT2D eigenvalue weighted by atomic mass is 10.4. The SMILES string of the molecule is [CH2+][N-]c1ccc(O)nc1. The van der Waals surface area contributed by atoms with E-state index >= 15 is 0 Å². The van der Waals surface area contributed by atoms with E-state index in [1.807, 2.05) is 0 Å². The van der Waals surface area contributed by atoms with Crippen LogP contribution in [0.15, 0.2) is 18.3 Å². The Kier molecular flexibility index (Phi) is 1.44. The molecule has 0 radical (unpaired) electrons. The van der Waals surface area contributed by atoms with Crippen LogP contribution in [0.25, 0.3) is 5.32 Å². The Morgan fingerprint density at radius 2 is 2.33 bits per heavy atom. The number of rotatable bonds is 1. The monoisotopic (exact) mass is 122 g/mol. The minimum atomic E-state index is 0.00222. The highest BCUT2D eigenvalue weighted by atomic mass is 16.3. The van der Waals surface area contributed by atoms with Gasteiger partial charge in [0.1, 0.15) is 0 Å². The van der Waals surface area contributed by atoms with Crippen molar-refractivity contribution in [1.29, 1.82) is 0 Å². The quantitative estimate of drug-likeness (QED) is 0.575. The molecule has 3 heteroatoms. The molecule has 0 aliphatic carbocycles. The average Bonchev–Trinajstić information content (AvgIpc) is 1.90. The minimum absolute atomic E-state index is 0.00222. The molecule has 1 aromatic rings. The summed E-state index contributed by atoms with van der Waals surface area (Å²) >= 11 is 0. The largest absolute Gasteiger partial charge is 0.493 e. The number of hydrogen-bond acceptors (Lipinski definition) is 2. The molecule has 0 spiro atoms. The maximum Gasteiger partial charge on any atom is 0.210 e. The minimum Gasteiger partial charge on any atom is -0.493 e. The van der Waals surface area contributed by atoms with E-state index in [9.17, 15) is 0 Å². The molecule has 1 rings (SSSR count). The van der Waals surface area contributed by atoms with E-state index < -0.39 is 0 Å². The molecule has 0 atom stereocenters.